The number of aromatic nitrogens is 4. The Bertz CT molecular complexity index is 812. The van der Waals surface area contributed by atoms with Crippen LogP contribution in [0.2, 0.25) is 0 Å². The maximum atomic E-state index is 4.56. The van der Waals surface area contributed by atoms with Gasteiger partial charge in [-0.1, -0.05) is 18.2 Å². The minimum absolute atomic E-state index is 0.393. The topological polar surface area (TPSA) is 58.9 Å². The van der Waals surface area contributed by atoms with Gasteiger partial charge in [-0.05, 0) is 26.0 Å². The molecule has 0 amide bonds. The smallest absolute Gasteiger partial charge is 0.168 e. The second kappa shape index (κ2) is 5.62. The van der Waals surface area contributed by atoms with Gasteiger partial charge in [-0.15, -0.1) is 0 Å². The molecule has 0 radical (unpaired) electrons. The Morgan fingerprint density at radius 2 is 1.96 bits per heavy atom. The van der Waals surface area contributed by atoms with E-state index in [0.717, 1.165) is 35.6 Å². The Kier molecular flexibility index (Phi) is 3.46. The summed E-state index contributed by atoms with van der Waals surface area (Å²) in [5.74, 6) is 0.970. The number of nitrogens with zero attached hydrogens (tertiary/aromatic N) is 5. The van der Waals surface area contributed by atoms with Gasteiger partial charge >= 0.3 is 0 Å². The summed E-state index contributed by atoms with van der Waals surface area (Å²) < 4.78 is 1.87. The van der Waals surface area contributed by atoms with Crippen molar-refractivity contribution in [2.24, 2.45) is 0 Å². The van der Waals surface area contributed by atoms with Crippen molar-refractivity contribution in [2.75, 3.05) is 18.0 Å². The average Bonchev–Trinajstić information content (AvgIpc) is 3.02. The molecule has 0 bridgehead atoms. The van der Waals surface area contributed by atoms with Gasteiger partial charge in [0.2, 0.25) is 0 Å². The van der Waals surface area contributed by atoms with Crippen molar-refractivity contribution >= 4 is 16.9 Å². The molecule has 4 rings (SSSR count). The lowest BCUT2D eigenvalue weighted by molar-refractivity contribution is 0.423. The lowest BCUT2D eigenvalue weighted by atomic mass is 10.1. The highest BCUT2D eigenvalue weighted by Crippen LogP contribution is 2.27. The molecular formula is C17H20N6. The fraction of sp³-hybridized carbons (Fsp3) is 0.353. The standard InChI is InChI=1S/C17H20N6/c1-12-10-22(13(2)8-18-12)16-15-9-21-23(17(15)20-11-19-16)14-6-4-3-5-7-14/h3-7,9,11-13,18H,8,10H2,1-2H3. The van der Waals surface area contributed by atoms with E-state index in [2.05, 4.69) is 39.1 Å². The van der Waals surface area contributed by atoms with Crippen LogP contribution in [0.4, 0.5) is 5.82 Å². The van der Waals surface area contributed by atoms with E-state index in [-0.39, 0.29) is 0 Å². The van der Waals surface area contributed by atoms with E-state index in [9.17, 15) is 0 Å². The molecule has 2 aromatic heterocycles. The second-order valence-corrected chi connectivity index (χ2v) is 6.14. The molecule has 3 heterocycles. The lowest BCUT2D eigenvalue weighted by Crippen LogP contribution is -2.54. The molecule has 1 N–H and O–H groups in total. The molecule has 118 valence electrons. The number of para-hydroxylation sites is 1. The van der Waals surface area contributed by atoms with Crippen molar-refractivity contribution in [3.8, 4) is 5.69 Å². The minimum atomic E-state index is 0.393. The van der Waals surface area contributed by atoms with Gasteiger partial charge in [0.25, 0.3) is 0 Å². The third-order valence-corrected chi connectivity index (χ3v) is 4.38. The quantitative estimate of drug-likeness (QED) is 0.785. The summed E-state index contributed by atoms with van der Waals surface area (Å²) in [4.78, 5) is 11.4. The Morgan fingerprint density at radius 3 is 2.78 bits per heavy atom. The van der Waals surface area contributed by atoms with Gasteiger partial charge in [-0.3, -0.25) is 0 Å². The van der Waals surface area contributed by atoms with Crippen LogP contribution < -0.4 is 10.2 Å². The number of hydrogen-bond acceptors (Lipinski definition) is 5. The van der Waals surface area contributed by atoms with E-state index in [4.69, 9.17) is 0 Å². The van der Waals surface area contributed by atoms with Gasteiger partial charge < -0.3 is 10.2 Å². The van der Waals surface area contributed by atoms with Crippen LogP contribution in [0.25, 0.3) is 16.7 Å². The maximum Gasteiger partial charge on any atom is 0.168 e. The highest BCUT2D eigenvalue weighted by Gasteiger charge is 2.26. The summed E-state index contributed by atoms with van der Waals surface area (Å²) in [7, 11) is 0. The lowest BCUT2D eigenvalue weighted by Gasteiger charge is -2.38. The zero-order valence-electron chi connectivity index (χ0n) is 13.3. The first-order valence-electron chi connectivity index (χ1n) is 7.98. The Morgan fingerprint density at radius 1 is 1.13 bits per heavy atom. The van der Waals surface area contributed by atoms with Crippen LogP contribution >= 0.6 is 0 Å². The normalized spacial score (nSPS) is 21.7. The Balaban J connectivity index is 1.82. The zero-order valence-corrected chi connectivity index (χ0v) is 13.3. The Labute approximate surface area is 135 Å². The molecule has 1 fully saturated rings. The third kappa shape index (κ3) is 2.45. The highest BCUT2D eigenvalue weighted by molar-refractivity contribution is 5.87. The van der Waals surface area contributed by atoms with Gasteiger partial charge in [-0.25, -0.2) is 14.6 Å². The van der Waals surface area contributed by atoms with Crippen molar-refractivity contribution in [1.29, 1.82) is 0 Å². The number of hydrogen-bond donors (Lipinski definition) is 1. The molecule has 6 nitrogen and oxygen atoms in total. The summed E-state index contributed by atoms with van der Waals surface area (Å²) >= 11 is 0. The van der Waals surface area contributed by atoms with Crippen LogP contribution in [0.3, 0.4) is 0 Å². The number of fused-ring (bicyclic) bond motifs is 1. The van der Waals surface area contributed by atoms with Crippen LogP contribution in [0.15, 0.2) is 42.9 Å². The summed E-state index contributed by atoms with van der Waals surface area (Å²) in [6.07, 6.45) is 3.51. The van der Waals surface area contributed by atoms with E-state index in [1.165, 1.54) is 0 Å². The molecule has 0 spiro atoms. The fourth-order valence-electron chi connectivity index (χ4n) is 3.14. The summed E-state index contributed by atoms with van der Waals surface area (Å²) in [6.45, 7) is 6.31. The van der Waals surface area contributed by atoms with Gasteiger partial charge in [0.1, 0.15) is 12.1 Å². The predicted molar refractivity (Wildman–Crippen MR) is 90.9 cm³/mol. The maximum absolute atomic E-state index is 4.56. The monoisotopic (exact) mass is 308 g/mol. The molecule has 1 aliphatic heterocycles. The Hall–Kier alpha value is -2.47. The predicted octanol–water partition coefficient (Wildman–Crippen LogP) is 2.00. The highest BCUT2D eigenvalue weighted by atomic mass is 15.3. The fourth-order valence-corrected chi connectivity index (χ4v) is 3.14. The van der Waals surface area contributed by atoms with Crippen molar-refractivity contribution in [3.05, 3.63) is 42.9 Å². The molecule has 3 aromatic rings. The van der Waals surface area contributed by atoms with Crippen LogP contribution in [0.5, 0.6) is 0 Å². The molecular weight excluding hydrogens is 288 g/mol. The van der Waals surface area contributed by atoms with Gasteiger partial charge in [0.15, 0.2) is 5.65 Å². The van der Waals surface area contributed by atoms with Crippen LogP contribution in [0.1, 0.15) is 13.8 Å². The van der Waals surface area contributed by atoms with Gasteiger partial charge in [0.05, 0.1) is 17.3 Å². The van der Waals surface area contributed by atoms with Gasteiger partial charge in [0, 0.05) is 25.2 Å². The molecule has 23 heavy (non-hydrogen) atoms. The van der Waals surface area contributed by atoms with E-state index in [1.807, 2.05) is 41.2 Å². The first kappa shape index (κ1) is 14.1. The summed E-state index contributed by atoms with van der Waals surface area (Å²) in [6, 6.07) is 10.9. The molecule has 0 aliphatic carbocycles. The van der Waals surface area contributed by atoms with E-state index in [0.29, 0.717) is 12.1 Å². The first-order valence-corrected chi connectivity index (χ1v) is 7.98. The SMILES string of the molecule is CC1CN(c2ncnc3c2cnn3-c2ccccc2)C(C)CN1. The van der Waals surface area contributed by atoms with Crippen molar-refractivity contribution in [2.45, 2.75) is 25.9 Å². The van der Waals surface area contributed by atoms with Crippen LogP contribution in [0, 0.1) is 0 Å². The van der Waals surface area contributed by atoms with Crippen molar-refractivity contribution in [3.63, 3.8) is 0 Å². The van der Waals surface area contributed by atoms with Crippen LogP contribution in [-0.4, -0.2) is 44.9 Å². The van der Waals surface area contributed by atoms with E-state index in [1.54, 1.807) is 6.33 Å². The summed E-state index contributed by atoms with van der Waals surface area (Å²) in [5.41, 5.74) is 1.86. The molecule has 2 unspecified atom stereocenters. The summed E-state index contributed by atoms with van der Waals surface area (Å²) in [5, 5.41) is 9.04. The number of nitrogens with one attached hydrogen (secondary N) is 1. The number of anilines is 1. The molecule has 1 saturated heterocycles. The van der Waals surface area contributed by atoms with Gasteiger partial charge in [-0.2, -0.15) is 5.10 Å². The largest absolute Gasteiger partial charge is 0.350 e. The van der Waals surface area contributed by atoms with Crippen molar-refractivity contribution in [1.82, 2.24) is 25.1 Å². The third-order valence-electron chi connectivity index (χ3n) is 4.38. The van der Waals surface area contributed by atoms with E-state index >= 15 is 0 Å². The number of rotatable bonds is 2. The van der Waals surface area contributed by atoms with E-state index < -0.39 is 0 Å². The minimum Gasteiger partial charge on any atom is -0.350 e. The second-order valence-electron chi connectivity index (χ2n) is 6.14. The van der Waals surface area contributed by atoms with Crippen LogP contribution in [-0.2, 0) is 0 Å². The number of benzene rings is 1. The number of piperazine rings is 1. The molecule has 1 aliphatic rings. The first-order chi connectivity index (χ1) is 11.2. The molecule has 0 saturated carbocycles. The molecule has 6 heteroatoms. The zero-order chi connectivity index (χ0) is 15.8. The molecule has 1 aromatic carbocycles. The average molecular weight is 308 g/mol. The molecule has 2 atom stereocenters. The van der Waals surface area contributed by atoms with Crippen molar-refractivity contribution < 1.29 is 0 Å².